The first kappa shape index (κ1) is 18.9. The van der Waals surface area contributed by atoms with Crippen LogP contribution in [0.4, 0.5) is 17.3 Å². The average Bonchev–Trinajstić information content (AvgIpc) is 2.62. The van der Waals surface area contributed by atoms with Crippen molar-refractivity contribution >= 4 is 34.8 Å². The molecule has 0 radical (unpaired) electrons. The molecule has 0 atom stereocenters. The van der Waals surface area contributed by atoms with Crippen LogP contribution in [0.1, 0.15) is 36.8 Å². The van der Waals surface area contributed by atoms with Crippen molar-refractivity contribution in [3.8, 4) is 0 Å². The van der Waals surface area contributed by atoms with Crippen molar-refractivity contribution in [2.45, 2.75) is 26.2 Å². The number of carbonyl (C=O) groups is 1. The lowest BCUT2D eigenvalue weighted by Gasteiger charge is -2.19. The molecule has 27 heavy (non-hydrogen) atoms. The van der Waals surface area contributed by atoms with E-state index in [-0.39, 0.29) is 17.0 Å². The first-order valence-corrected chi connectivity index (χ1v) is 8.96. The minimum Gasteiger partial charge on any atom is -0.324 e. The van der Waals surface area contributed by atoms with Crippen LogP contribution in [-0.2, 0) is 5.41 Å². The molecular weight excluding hydrogens is 360 g/mol. The van der Waals surface area contributed by atoms with Crippen molar-refractivity contribution < 1.29 is 4.79 Å². The van der Waals surface area contributed by atoms with E-state index in [1.165, 1.54) is 5.56 Å². The lowest BCUT2D eigenvalue weighted by atomic mass is 9.87. The van der Waals surface area contributed by atoms with Crippen molar-refractivity contribution in [2.75, 3.05) is 10.6 Å². The molecule has 0 aliphatic heterocycles. The second-order valence-electron chi connectivity index (χ2n) is 7.18. The predicted octanol–water partition coefficient (Wildman–Crippen LogP) is 5.42. The van der Waals surface area contributed by atoms with Gasteiger partial charge in [0.1, 0.15) is 5.69 Å². The molecule has 0 bridgehead atoms. The van der Waals surface area contributed by atoms with Crippen LogP contribution in [0.2, 0.25) is 5.02 Å². The van der Waals surface area contributed by atoms with Gasteiger partial charge in [-0.2, -0.15) is 0 Å². The predicted molar refractivity (Wildman–Crippen MR) is 110 cm³/mol. The van der Waals surface area contributed by atoms with Gasteiger partial charge in [-0.25, -0.2) is 9.97 Å². The second-order valence-corrected chi connectivity index (χ2v) is 7.62. The maximum absolute atomic E-state index is 12.4. The topological polar surface area (TPSA) is 66.9 Å². The standard InChI is InChI=1S/C21H21ClN4O/c1-21(2,3)14-7-9-16(10-8-14)25-20-23-12-11-18(26-20)19(27)24-17-6-4-5-15(22)13-17/h4-13H,1-3H3,(H,24,27)(H,23,25,26). The highest BCUT2D eigenvalue weighted by molar-refractivity contribution is 6.30. The molecule has 3 rings (SSSR count). The number of carbonyl (C=O) groups excluding carboxylic acids is 1. The summed E-state index contributed by atoms with van der Waals surface area (Å²) in [5.74, 6) is 0.0306. The smallest absolute Gasteiger partial charge is 0.274 e. The van der Waals surface area contributed by atoms with Crippen molar-refractivity contribution in [3.05, 3.63) is 77.1 Å². The van der Waals surface area contributed by atoms with E-state index in [0.29, 0.717) is 16.7 Å². The Labute approximate surface area is 163 Å². The Hall–Kier alpha value is -2.92. The zero-order valence-electron chi connectivity index (χ0n) is 15.5. The molecule has 5 nitrogen and oxygen atoms in total. The highest BCUT2D eigenvalue weighted by Crippen LogP contribution is 2.24. The van der Waals surface area contributed by atoms with E-state index < -0.39 is 0 Å². The molecule has 0 aliphatic rings. The molecule has 0 fully saturated rings. The van der Waals surface area contributed by atoms with E-state index in [4.69, 9.17) is 11.6 Å². The Morgan fingerprint density at radius 2 is 1.74 bits per heavy atom. The van der Waals surface area contributed by atoms with E-state index in [2.05, 4.69) is 53.5 Å². The van der Waals surface area contributed by atoms with Crippen molar-refractivity contribution in [2.24, 2.45) is 0 Å². The van der Waals surface area contributed by atoms with Crippen molar-refractivity contribution in [3.63, 3.8) is 0 Å². The summed E-state index contributed by atoms with van der Waals surface area (Å²) in [7, 11) is 0. The lowest BCUT2D eigenvalue weighted by Crippen LogP contribution is -2.14. The first-order chi connectivity index (χ1) is 12.8. The monoisotopic (exact) mass is 380 g/mol. The maximum Gasteiger partial charge on any atom is 0.274 e. The van der Waals surface area contributed by atoms with Gasteiger partial charge in [-0.3, -0.25) is 4.79 Å². The van der Waals surface area contributed by atoms with Crippen LogP contribution in [0, 0.1) is 0 Å². The fraction of sp³-hybridized carbons (Fsp3) is 0.190. The highest BCUT2D eigenvalue weighted by Gasteiger charge is 2.13. The van der Waals surface area contributed by atoms with Gasteiger partial charge >= 0.3 is 0 Å². The first-order valence-electron chi connectivity index (χ1n) is 8.59. The number of hydrogen-bond acceptors (Lipinski definition) is 4. The van der Waals surface area contributed by atoms with Crippen LogP contribution in [0.15, 0.2) is 60.8 Å². The van der Waals surface area contributed by atoms with Crippen LogP contribution in [0.25, 0.3) is 0 Å². The number of anilines is 3. The van der Waals surface area contributed by atoms with Crippen LogP contribution in [-0.4, -0.2) is 15.9 Å². The van der Waals surface area contributed by atoms with Gasteiger partial charge in [0.25, 0.3) is 5.91 Å². The fourth-order valence-corrected chi connectivity index (χ4v) is 2.68. The highest BCUT2D eigenvalue weighted by atomic mass is 35.5. The molecule has 0 saturated carbocycles. The molecule has 2 N–H and O–H groups in total. The van der Waals surface area contributed by atoms with Crippen molar-refractivity contribution in [1.82, 2.24) is 9.97 Å². The van der Waals surface area contributed by atoms with E-state index in [1.807, 2.05) is 12.1 Å². The van der Waals surface area contributed by atoms with Crippen LogP contribution in [0.3, 0.4) is 0 Å². The number of nitrogens with zero attached hydrogens (tertiary/aromatic N) is 2. The van der Waals surface area contributed by atoms with Gasteiger partial charge in [-0.05, 0) is 47.4 Å². The summed E-state index contributed by atoms with van der Waals surface area (Å²) < 4.78 is 0. The molecule has 0 saturated heterocycles. The average molecular weight is 381 g/mol. The Morgan fingerprint density at radius 3 is 2.41 bits per heavy atom. The zero-order valence-corrected chi connectivity index (χ0v) is 16.2. The maximum atomic E-state index is 12.4. The summed E-state index contributed by atoms with van der Waals surface area (Å²) in [5, 5.41) is 6.45. The molecule has 1 heterocycles. The number of aromatic nitrogens is 2. The zero-order chi connectivity index (χ0) is 19.4. The van der Waals surface area contributed by atoms with Gasteiger partial charge in [0, 0.05) is 22.6 Å². The van der Waals surface area contributed by atoms with Crippen LogP contribution >= 0.6 is 11.6 Å². The third kappa shape index (κ3) is 5.05. The van der Waals surface area contributed by atoms with E-state index in [0.717, 1.165) is 5.69 Å². The molecule has 3 aromatic rings. The molecule has 0 unspecified atom stereocenters. The SMILES string of the molecule is CC(C)(C)c1ccc(Nc2nccc(C(=O)Nc3cccc(Cl)c3)n2)cc1. The molecule has 138 valence electrons. The number of nitrogens with one attached hydrogen (secondary N) is 2. The molecule has 6 heteroatoms. The Balaban J connectivity index is 1.72. The number of benzene rings is 2. The Bertz CT molecular complexity index is 949. The molecule has 2 aromatic carbocycles. The van der Waals surface area contributed by atoms with Gasteiger partial charge < -0.3 is 10.6 Å². The normalized spacial score (nSPS) is 11.1. The summed E-state index contributed by atoms with van der Waals surface area (Å²) in [4.78, 5) is 20.9. The molecule has 0 spiro atoms. The number of rotatable bonds is 4. The minimum atomic E-state index is -0.328. The van der Waals surface area contributed by atoms with Crippen LogP contribution < -0.4 is 10.6 Å². The number of amides is 1. The molecular formula is C21H21ClN4O. The Morgan fingerprint density at radius 1 is 1.00 bits per heavy atom. The molecule has 1 aromatic heterocycles. The summed E-state index contributed by atoms with van der Waals surface area (Å²) in [6.45, 7) is 6.50. The quantitative estimate of drug-likeness (QED) is 0.633. The lowest BCUT2D eigenvalue weighted by molar-refractivity contribution is 0.102. The van der Waals surface area contributed by atoms with Gasteiger partial charge in [0.05, 0.1) is 0 Å². The molecule has 1 amide bonds. The third-order valence-electron chi connectivity index (χ3n) is 3.98. The van der Waals surface area contributed by atoms with E-state index >= 15 is 0 Å². The third-order valence-corrected chi connectivity index (χ3v) is 4.21. The largest absolute Gasteiger partial charge is 0.324 e. The van der Waals surface area contributed by atoms with Gasteiger partial charge in [-0.15, -0.1) is 0 Å². The van der Waals surface area contributed by atoms with E-state index in [9.17, 15) is 4.79 Å². The Kier molecular flexibility index (Phi) is 5.42. The number of hydrogen-bond donors (Lipinski definition) is 2. The number of halogens is 1. The summed E-state index contributed by atoms with van der Waals surface area (Å²) in [5.41, 5.74) is 3.06. The fourth-order valence-electron chi connectivity index (χ4n) is 2.49. The van der Waals surface area contributed by atoms with Gasteiger partial charge in [-0.1, -0.05) is 50.6 Å². The summed E-state index contributed by atoms with van der Waals surface area (Å²) in [6, 6.07) is 16.6. The summed E-state index contributed by atoms with van der Waals surface area (Å²) in [6.07, 6.45) is 1.55. The second kappa shape index (κ2) is 7.76. The molecule has 0 aliphatic carbocycles. The van der Waals surface area contributed by atoms with Gasteiger partial charge in [0.2, 0.25) is 5.95 Å². The van der Waals surface area contributed by atoms with Crippen LogP contribution in [0.5, 0.6) is 0 Å². The van der Waals surface area contributed by atoms with Crippen molar-refractivity contribution in [1.29, 1.82) is 0 Å². The van der Waals surface area contributed by atoms with Gasteiger partial charge in [0.15, 0.2) is 0 Å². The minimum absolute atomic E-state index is 0.0906. The summed E-state index contributed by atoms with van der Waals surface area (Å²) >= 11 is 5.94. The van der Waals surface area contributed by atoms with E-state index in [1.54, 1.807) is 36.5 Å².